The minimum Gasteiger partial charge on any atom is -0.0654 e. The van der Waals surface area contributed by atoms with E-state index in [0.29, 0.717) is 5.92 Å². The lowest BCUT2D eigenvalue weighted by Crippen LogP contribution is -1.95. The number of rotatable bonds is 14. The van der Waals surface area contributed by atoms with Gasteiger partial charge in [0.15, 0.2) is 0 Å². The molecule has 0 aliphatic carbocycles. The second-order valence-corrected chi connectivity index (χ2v) is 5.83. The number of hydrogen-bond donors (Lipinski definition) is 0. The van der Waals surface area contributed by atoms with Crippen molar-refractivity contribution in [1.82, 2.24) is 0 Å². The molecular weight excluding hydrogens is 216 g/mol. The summed E-state index contributed by atoms with van der Waals surface area (Å²) in [6.45, 7) is 10.5. The molecule has 0 fully saturated rings. The summed E-state index contributed by atoms with van der Waals surface area (Å²) < 4.78 is 0. The molecule has 0 aliphatic heterocycles. The lowest BCUT2D eigenvalue weighted by molar-refractivity contribution is 0.463. The smallest absolute Gasteiger partial charge is 0.0414 e. The fraction of sp³-hybridized carbons (Fsp3) is 0.889. The van der Waals surface area contributed by atoms with E-state index in [0.717, 1.165) is 6.42 Å². The van der Waals surface area contributed by atoms with Crippen molar-refractivity contribution in [3.8, 4) is 0 Å². The summed E-state index contributed by atoms with van der Waals surface area (Å²) in [7, 11) is 0. The van der Waals surface area contributed by atoms with Crippen LogP contribution in [0.3, 0.4) is 0 Å². The Kier molecular flexibility index (Phi) is 15.1. The third-order valence-corrected chi connectivity index (χ3v) is 3.83. The summed E-state index contributed by atoms with van der Waals surface area (Å²) in [5, 5.41) is 0. The van der Waals surface area contributed by atoms with Crippen LogP contribution in [0.5, 0.6) is 0 Å². The lowest BCUT2D eigenvalue weighted by atomic mass is 9.96. The molecule has 0 heteroatoms. The zero-order chi connectivity index (χ0) is 13.5. The Bertz CT molecular complexity index is 123. The molecule has 2 radical (unpaired) electrons. The molecule has 0 bridgehead atoms. The van der Waals surface area contributed by atoms with E-state index in [1.165, 1.54) is 83.5 Å². The van der Waals surface area contributed by atoms with E-state index in [2.05, 4.69) is 20.8 Å². The van der Waals surface area contributed by atoms with E-state index in [4.69, 9.17) is 0 Å². The van der Waals surface area contributed by atoms with E-state index < -0.39 is 0 Å². The Hall–Kier alpha value is 0. The van der Waals surface area contributed by atoms with Crippen LogP contribution in [0.15, 0.2) is 0 Å². The molecule has 0 aromatic carbocycles. The van der Waals surface area contributed by atoms with Gasteiger partial charge in [-0.1, -0.05) is 111 Å². The molecule has 0 heterocycles. The van der Waals surface area contributed by atoms with Gasteiger partial charge in [-0.15, -0.1) is 0 Å². The Balaban J connectivity index is 3.10. The minimum atomic E-state index is 0.712. The van der Waals surface area contributed by atoms with Crippen LogP contribution in [0.25, 0.3) is 0 Å². The van der Waals surface area contributed by atoms with Gasteiger partial charge in [-0.3, -0.25) is 0 Å². The number of unbranched alkanes of at least 4 members (excludes halogenated alkanes) is 10. The Morgan fingerprint density at radius 3 is 1.61 bits per heavy atom. The van der Waals surface area contributed by atoms with Gasteiger partial charge in [0, 0.05) is 0 Å². The molecule has 0 nitrogen and oxygen atoms in total. The molecule has 0 saturated carbocycles. The largest absolute Gasteiger partial charge is 0.0654 e. The maximum Gasteiger partial charge on any atom is -0.0414 e. The van der Waals surface area contributed by atoms with Crippen molar-refractivity contribution in [3.05, 3.63) is 13.8 Å². The molecule has 0 aromatic heterocycles. The van der Waals surface area contributed by atoms with Gasteiger partial charge in [0.05, 0.1) is 0 Å². The van der Waals surface area contributed by atoms with Gasteiger partial charge in [-0.25, -0.2) is 0 Å². The lowest BCUT2D eigenvalue weighted by Gasteiger charge is -2.10. The molecule has 0 aliphatic rings. The van der Waals surface area contributed by atoms with Gasteiger partial charge in [-0.2, -0.15) is 0 Å². The van der Waals surface area contributed by atoms with Crippen molar-refractivity contribution in [3.63, 3.8) is 0 Å². The van der Waals surface area contributed by atoms with Crippen molar-refractivity contribution in [2.45, 2.75) is 96.8 Å². The minimum absolute atomic E-state index is 0.712. The van der Waals surface area contributed by atoms with Crippen molar-refractivity contribution in [1.29, 1.82) is 0 Å². The molecule has 0 amide bonds. The van der Waals surface area contributed by atoms with Crippen LogP contribution in [0, 0.1) is 19.8 Å². The summed E-state index contributed by atoms with van der Waals surface area (Å²) in [4.78, 5) is 0. The predicted molar refractivity (Wildman–Crippen MR) is 84.5 cm³/mol. The maximum absolute atomic E-state index is 4.30. The third-order valence-electron chi connectivity index (χ3n) is 3.83. The third kappa shape index (κ3) is 14.1. The van der Waals surface area contributed by atoms with Gasteiger partial charge in [0.2, 0.25) is 0 Å². The summed E-state index contributed by atoms with van der Waals surface area (Å²) in [6.07, 6.45) is 19.2. The first-order chi connectivity index (χ1) is 8.81. The molecule has 18 heavy (non-hydrogen) atoms. The fourth-order valence-corrected chi connectivity index (χ4v) is 2.50. The second-order valence-electron chi connectivity index (χ2n) is 5.83. The molecule has 1 unspecified atom stereocenters. The van der Waals surface area contributed by atoms with Gasteiger partial charge < -0.3 is 0 Å². The van der Waals surface area contributed by atoms with Crippen LogP contribution >= 0.6 is 0 Å². The zero-order valence-electron chi connectivity index (χ0n) is 12.9. The van der Waals surface area contributed by atoms with Crippen molar-refractivity contribution in [2.24, 2.45) is 5.92 Å². The molecule has 1 atom stereocenters. The fourth-order valence-electron chi connectivity index (χ4n) is 2.50. The highest BCUT2D eigenvalue weighted by molar-refractivity contribution is 4.62. The van der Waals surface area contributed by atoms with Crippen LogP contribution in [0.2, 0.25) is 0 Å². The monoisotopic (exact) mass is 252 g/mol. The van der Waals surface area contributed by atoms with E-state index in [1.54, 1.807) is 0 Å². The van der Waals surface area contributed by atoms with Crippen molar-refractivity contribution >= 4 is 0 Å². The molecular formula is C18H36. The Morgan fingerprint density at radius 2 is 1.11 bits per heavy atom. The molecule has 0 saturated heterocycles. The maximum atomic E-state index is 4.30. The zero-order valence-corrected chi connectivity index (χ0v) is 12.9. The average molecular weight is 252 g/mol. The van der Waals surface area contributed by atoms with E-state index in [-0.39, 0.29) is 0 Å². The van der Waals surface area contributed by atoms with E-state index >= 15 is 0 Å². The number of hydrogen-bond acceptors (Lipinski definition) is 0. The highest BCUT2D eigenvalue weighted by atomic mass is 14.1. The van der Waals surface area contributed by atoms with Gasteiger partial charge >= 0.3 is 0 Å². The van der Waals surface area contributed by atoms with Gasteiger partial charge in [0.25, 0.3) is 0 Å². The quantitative estimate of drug-likeness (QED) is 0.300. The molecule has 0 aromatic rings. The highest BCUT2D eigenvalue weighted by Gasteiger charge is 2.02. The van der Waals surface area contributed by atoms with Crippen molar-refractivity contribution < 1.29 is 0 Å². The van der Waals surface area contributed by atoms with E-state index in [1.807, 2.05) is 0 Å². The molecule has 108 valence electrons. The summed E-state index contributed by atoms with van der Waals surface area (Å²) >= 11 is 0. The first-order valence-corrected chi connectivity index (χ1v) is 8.43. The summed E-state index contributed by atoms with van der Waals surface area (Å²) in [6, 6.07) is 0. The van der Waals surface area contributed by atoms with Gasteiger partial charge in [0.1, 0.15) is 0 Å². The van der Waals surface area contributed by atoms with Crippen molar-refractivity contribution in [2.75, 3.05) is 0 Å². The topological polar surface area (TPSA) is 0 Å². The normalized spacial score (nSPS) is 11.3. The summed E-state index contributed by atoms with van der Waals surface area (Å²) in [5.41, 5.74) is 0. The summed E-state index contributed by atoms with van der Waals surface area (Å²) in [5.74, 6) is 0.712. The predicted octanol–water partition coefficient (Wildman–Crippen LogP) is 6.75. The van der Waals surface area contributed by atoms with E-state index in [9.17, 15) is 0 Å². The first kappa shape index (κ1) is 18.0. The van der Waals surface area contributed by atoms with Crippen LogP contribution < -0.4 is 0 Å². The molecule has 0 rings (SSSR count). The second kappa shape index (κ2) is 15.1. The molecule has 0 spiro atoms. The standard InChI is InChI=1S/C18H36/c1-4-6-8-10-12-14-16-18(3)17-15-13-11-9-7-5-2/h18H,1,3-17H2,2H3. The average Bonchev–Trinajstić information content (AvgIpc) is 2.38. The molecule has 0 N–H and O–H groups in total. The SMILES string of the molecule is [CH2]CCCCCCCC([CH2])CCCCCCCC. The van der Waals surface area contributed by atoms with Crippen LogP contribution in [-0.4, -0.2) is 0 Å². The Morgan fingerprint density at radius 1 is 0.667 bits per heavy atom. The van der Waals surface area contributed by atoms with Crippen LogP contribution in [-0.2, 0) is 0 Å². The Labute approximate surface area is 117 Å². The van der Waals surface area contributed by atoms with Gasteiger partial charge in [-0.05, 0) is 5.92 Å². The first-order valence-electron chi connectivity index (χ1n) is 8.43. The van der Waals surface area contributed by atoms with Crippen LogP contribution in [0.1, 0.15) is 96.8 Å². The highest BCUT2D eigenvalue weighted by Crippen LogP contribution is 2.18. The van der Waals surface area contributed by atoms with Crippen LogP contribution in [0.4, 0.5) is 0 Å².